The van der Waals surface area contributed by atoms with E-state index in [2.05, 4.69) is 0 Å². The molecule has 30 heavy (non-hydrogen) atoms. The SMILES string of the molecule is Fc1c(F)c(F)[c]([Pb]([c]2ccccc2)([c]2ccccc2)[c]2ccccc2)c(F)c1F. The zero-order valence-electron chi connectivity index (χ0n) is 15.6. The van der Waals surface area contributed by atoms with Crippen molar-refractivity contribution >= 4 is 33.7 Å². The molecule has 0 heterocycles. The van der Waals surface area contributed by atoms with Gasteiger partial charge in [-0.1, -0.05) is 0 Å². The van der Waals surface area contributed by atoms with E-state index >= 15 is 8.78 Å². The predicted molar refractivity (Wildman–Crippen MR) is 110 cm³/mol. The molecule has 0 amide bonds. The molecule has 0 aromatic heterocycles. The molecule has 0 saturated heterocycles. The summed E-state index contributed by atoms with van der Waals surface area (Å²) in [7, 11) is 0. The van der Waals surface area contributed by atoms with Crippen LogP contribution in [0.3, 0.4) is 0 Å². The molecule has 4 aromatic rings. The molecular formula is C24H15F5Pb. The Labute approximate surface area is 175 Å². The molecule has 0 atom stereocenters. The maximum atomic E-state index is 15.3. The average Bonchev–Trinajstić information content (AvgIpc) is 2.81. The van der Waals surface area contributed by atoms with E-state index in [0.29, 0.717) is 9.37 Å². The van der Waals surface area contributed by atoms with Gasteiger partial charge in [-0.3, -0.25) is 0 Å². The first-order chi connectivity index (χ1) is 14.5. The number of halogens is 5. The van der Waals surface area contributed by atoms with Gasteiger partial charge in [-0.25, -0.2) is 0 Å². The van der Waals surface area contributed by atoms with Crippen LogP contribution in [-0.4, -0.2) is 21.2 Å². The van der Waals surface area contributed by atoms with E-state index in [0.717, 1.165) is 0 Å². The quantitative estimate of drug-likeness (QED) is 0.144. The van der Waals surface area contributed by atoms with Crippen LogP contribution in [0.2, 0.25) is 0 Å². The summed E-state index contributed by atoms with van der Waals surface area (Å²) < 4.78 is 74.3. The summed E-state index contributed by atoms with van der Waals surface area (Å²) >= 11 is -5.13. The maximum absolute atomic E-state index is 15.3. The predicted octanol–water partition coefficient (Wildman–Crippen LogP) is 3.76. The van der Waals surface area contributed by atoms with E-state index in [1.807, 2.05) is 0 Å². The van der Waals surface area contributed by atoms with Gasteiger partial charge >= 0.3 is 176 Å². The van der Waals surface area contributed by atoms with E-state index in [1.165, 1.54) is 0 Å². The Morgan fingerprint density at radius 1 is 0.367 bits per heavy atom. The topological polar surface area (TPSA) is 0 Å². The summed E-state index contributed by atoms with van der Waals surface area (Å²) in [5.41, 5.74) is 0. The van der Waals surface area contributed by atoms with Crippen molar-refractivity contribution in [3.63, 3.8) is 0 Å². The Morgan fingerprint density at radius 3 is 0.933 bits per heavy atom. The zero-order chi connectivity index (χ0) is 21.3. The molecule has 0 unspecified atom stereocenters. The molecule has 150 valence electrons. The van der Waals surface area contributed by atoms with Gasteiger partial charge in [0.15, 0.2) is 0 Å². The zero-order valence-corrected chi connectivity index (χ0v) is 19.4. The Kier molecular flexibility index (Phi) is 5.73. The second-order valence-electron chi connectivity index (χ2n) is 6.79. The third-order valence-corrected chi connectivity index (χ3v) is 23.8. The molecule has 6 heteroatoms. The van der Waals surface area contributed by atoms with Crippen LogP contribution < -0.4 is 12.5 Å². The van der Waals surface area contributed by atoms with Gasteiger partial charge in [-0.2, -0.15) is 0 Å². The van der Waals surface area contributed by atoms with Crippen LogP contribution >= 0.6 is 0 Å². The van der Waals surface area contributed by atoms with Crippen molar-refractivity contribution in [3.05, 3.63) is 120 Å². The molecule has 0 fully saturated rings. The van der Waals surface area contributed by atoms with Crippen LogP contribution in [0.5, 0.6) is 0 Å². The van der Waals surface area contributed by atoms with Gasteiger partial charge in [-0.05, 0) is 0 Å². The number of rotatable bonds is 4. The third-order valence-electron chi connectivity index (χ3n) is 5.21. The third kappa shape index (κ3) is 3.15. The minimum atomic E-state index is -5.13. The van der Waals surface area contributed by atoms with E-state index < -0.39 is 53.4 Å². The Morgan fingerprint density at radius 2 is 0.633 bits per heavy atom. The van der Waals surface area contributed by atoms with Gasteiger partial charge in [0.25, 0.3) is 0 Å². The molecule has 0 nitrogen and oxygen atoms in total. The van der Waals surface area contributed by atoms with Gasteiger partial charge in [0, 0.05) is 0 Å². The minimum absolute atomic E-state index is 0.589. The van der Waals surface area contributed by atoms with Crippen molar-refractivity contribution in [2.75, 3.05) is 0 Å². The van der Waals surface area contributed by atoms with Crippen molar-refractivity contribution < 1.29 is 22.0 Å². The Bertz CT molecular complexity index is 1050. The summed E-state index contributed by atoms with van der Waals surface area (Å²) in [5, 5.41) is 0. The fourth-order valence-electron chi connectivity index (χ4n) is 3.93. The first kappa shape index (κ1) is 20.7. The Hall–Kier alpha value is -2.55. The summed E-state index contributed by atoms with van der Waals surface area (Å²) in [6.45, 7) is 0. The summed E-state index contributed by atoms with van der Waals surface area (Å²) in [4.78, 5) is 0. The molecule has 0 bridgehead atoms. The van der Waals surface area contributed by atoms with Crippen molar-refractivity contribution in [1.29, 1.82) is 0 Å². The van der Waals surface area contributed by atoms with Crippen LogP contribution in [0.15, 0.2) is 91.0 Å². The van der Waals surface area contributed by atoms with Crippen LogP contribution in [0.1, 0.15) is 0 Å². The Balaban J connectivity index is 2.27. The summed E-state index contributed by atoms with van der Waals surface area (Å²) in [6, 6.07) is 25.7. The summed E-state index contributed by atoms with van der Waals surface area (Å²) in [5.74, 6) is -9.51. The molecule has 0 saturated carbocycles. The fraction of sp³-hybridized carbons (Fsp3) is 0. The van der Waals surface area contributed by atoms with Crippen molar-refractivity contribution in [2.45, 2.75) is 0 Å². The summed E-state index contributed by atoms with van der Waals surface area (Å²) in [6.07, 6.45) is 0. The fourth-order valence-corrected chi connectivity index (χ4v) is 22.7. The molecule has 0 spiro atoms. The first-order valence-electron chi connectivity index (χ1n) is 9.18. The van der Waals surface area contributed by atoms with Gasteiger partial charge in [-0.15, -0.1) is 0 Å². The van der Waals surface area contributed by atoms with E-state index in [4.69, 9.17) is 0 Å². The van der Waals surface area contributed by atoms with E-state index in [9.17, 15) is 13.2 Å². The van der Waals surface area contributed by atoms with E-state index in [1.54, 1.807) is 91.0 Å². The average molecular weight is 606 g/mol. The van der Waals surface area contributed by atoms with Crippen LogP contribution in [-0.2, 0) is 0 Å². The van der Waals surface area contributed by atoms with Crippen molar-refractivity contribution in [3.8, 4) is 0 Å². The molecule has 0 aliphatic rings. The molecular weight excluding hydrogens is 590 g/mol. The normalized spacial score (nSPS) is 11.5. The van der Waals surface area contributed by atoms with Gasteiger partial charge in [0.05, 0.1) is 0 Å². The number of benzene rings is 4. The number of hydrogen-bond acceptors (Lipinski definition) is 0. The molecule has 4 aromatic carbocycles. The van der Waals surface area contributed by atoms with Crippen molar-refractivity contribution in [2.24, 2.45) is 0 Å². The van der Waals surface area contributed by atoms with Crippen LogP contribution in [0.4, 0.5) is 22.0 Å². The molecule has 0 radical (unpaired) electrons. The van der Waals surface area contributed by atoms with Gasteiger partial charge in [0.1, 0.15) is 0 Å². The van der Waals surface area contributed by atoms with E-state index in [-0.39, 0.29) is 0 Å². The molecule has 4 rings (SSSR count). The molecule has 0 aliphatic carbocycles. The monoisotopic (exact) mass is 606 g/mol. The number of hydrogen-bond donors (Lipinski definition) is 0. The first-order valence-corrected chi connectivity index (χ1v) is 17.0. The standard InChI is InChI=1S/C6F5.3C6H5.Pb/c7-2-1-3(8)5(10)6(11)4(2)9;3*1-2-4-6-5-3-1;/h;3*1-5H;. The second-order valence-corrected chi connectivity index (χ2v) is 21.3. The van der Waals surface area contributed by atoms with Crippen LogP contribution in [0, 0.1) is 29.1 Å². The molecule has 0 aliphatic heterocycles. The molecule has 0 N–H and O–H groups in total. The van der Waals surface area contributed by atoms with Crippen LogP contribution in [0.25, 0.3) is 0 Å². The van der Waals surface area contributed by atoms with Crippen molar-refractivity contribution in [1.82, 2.24) is 0 Å². The van der Waals surface area contributed by atoms with Gasteiger partial charge < -0.3 is 0 Å². The second kappa shape index (κ2) is 8.29. The van der Waals surface area contributed by atoms with Gasteiger partial charge in [0.2, 0.25) is 0 Å².